The summed E-state index contributed by atoms with van der Waals surface area (Å²) in [6, 6.07) is 30.8. The highest BCUT2D eigenvalue weighted by atomic mass is 79.9. The summed E-state index contributed by atoms with van der Waals surface area (Å²) in [5.41, 5.74) is 2.60. The Bertz CT molecular complexity index is 1240. The number of esters is 1. The van der Waals surface area contributed by atoms with Gasteiger partial charge in [0.2, 0.25) is 0 Å². The molecule has 164 valence electrons. The van der Waals surface area contributed by atoms with E-state index < -0.39 is 5.97 Å². The molecule has 4 rings (SSSR count). The summed E-state index contributed by atoms with van der Waals surface area (Å²) in [7, 11) is 0. The first kappa shape index (κ1) is 22.5. The summed E-state index contributed by atoms with van der Waals surface area (Å²) in [6.07, 6.45) is 0.725. The average molecular weight is 501 g/mol. The van der Waals surface area contributed by atoms with Crippen LogP contribution in [-0.4, -0.2) is 18.4 Å². The molecule has 0 amide bonds. The number of carbonyl (C=O) groups excluding carboxylic acids is 2. The number of halogens is 1. The molecule has 0 spiro atoms. The van der Waals surface area contributed by atoms with Crippen molar-refractivity contribution >= 4 is 27.7 Å². The molecule has 0 saturated carbocycles. The van der Waals surface area contributed by atoms with Crippen LogP contribution in [0.2, 0.25) is 0 Å². The Morgan fingerprint density at radius 2 is 1.36 bits per heavy atom. The number of ether oxygens (including phenoxy) is 2. The third-order valence-electron chi connectivity index (χ3n) is 5.02. The Labute approximate surface area is 200 Å². The summed E-state index contributed by atoms with van der Waals surface area (Å²) in [4.78, 5) is 25.4. The van der Waals surface area contributed by atoms with Crippen LogP contribution in [0, 0.1) is 0 Å². The highest BCUT2D eigenvalue weighted by molar-refractivity contribution is 9.10. The van der Waals surface area contributed by atoms with E-state index in [1.165, 1.54) is 0 Å². The van der Waals surface area contributed by atoms with E-state index >= 15 is 0 Å². The highest BCUT2D eigenvalue weighted by Crippen LogP contribution is 2.26. The topological polar surface area (TPSA) is 52.6 Å². The Kier molecular flexibility index (Phi) is 7.33. The molecule has 5 heteroatoms. The first-order valence-electron chi connectivity index (χ1n) is 10.5. The molecule has 0 fully saturated rings. The lowest BCUT2D eigenvalue weighted by atomic mass is 10.0. The quantitative estimate of drug-likeness (QED) is 0.157. The van der Waals surface area contributed by atoms with Crippen molar-refractivity contribution in [1.82, 2.24) is 0 Å². The van der Waals surface area contributed by atoms with E-state index in [9.17, 15) is 9.59 Å². The van der Waals surface area contributed by atoms with E-state index in [1.807, 2.05) is 54.6 Å². The van der Waals surface area contributed by atoms with Crippen LogP contribution < -0.4 is 9.47 Å². The predicted octanol–water partition coefficient (Wildman–Crippen LogP) is 6.52. The Morgan fingerprint density at radius 3 is 2.06 bits per heavy atom. The zero-order chi connectivity index (χ0) is 23.0. The molecule has 4 aromatic carbocycles. The van der Waals surface area contributed by atoms with Gasteiger partial charge in [0, 0.05) is 22.0 Å². The summed E-state index contributed by atoms with van der Waals surface area (Å²) in [5.74, 6) is 0.178. The minimum absolute atomic E-state index is 0.0884. The summed E-state index contributed by atoms with van der Waals surface area (Å²) < 4.78 is 12.2. The fourth-order valence-electron chi connectivity index (χ4n) is 3.30. The second-order valence-electron chi connectivity index (χ2n) is 7.33. The van der Waals surface area contributed by atoms with Gasteiger partial charge in [0.1, 0.15) is 17.1 Å². The summed E-state index contributed by atoms with van der Waals surface area (Å²) in [6.45, 7) is 0.433. The minimum atomic E-state index is -0.534. The third kappa shape index (κ3) is 5.96. The minimum Gasteiger partial charge on any atom is -0.492 e. The second kappa shape index (κ2) is 10.7. The van der Waals surface area contributed by atoms with Gasteiger partial charge in [0.05, 0.1) is 6.61 Å². The SMILES string of the molecule is O=C(c1ccccc1)c1ccc(OC(=O)c2cc(Br)ccc2OCCc2ccccc2)cc1. The normalized spacial score (nSPS) is 10.5. The number of rotatable bonds is 8. The van der Waals surface area contributed by atoms with Crippen molar-refractivity contribution in [3.63, 3.8) is 0 Å². The fourth-order valence-corrected chi connectivity index (χ4v) is 3.66. The van der Waals surface area contributed by atoms with Crippen LogP contribution in [0.1, 0.15) is 31.8 Å². The van der Waals surface area contributed by atoms with Crippen LogP contribution in [0.15, 0.2) is 108 Å². The van der Waals surface area contributed by atoms with E-state index in [0.29, 0.717) is 34.8 Å². The number of benzene rings is 4. The van der Waals surface area contributed by atoms with Gasteiger partial charge in [-0.25, -0.2) is 4.79 Å². The molecule has 0 radical (unpaired) electrons. The molecule has 4 nitrogen and oxygen atoms in total. The van der Waals surface area contributed by atoms with Gasteiger partial charge in [0.25, 0.3) is 0 Å². The molecular formula is C28H21BrO4. The predicted molar refractivity (Wildman–Crippen MR) is 131 cm³/mol. The second-order valence-corrected chi connectivity index (χ2v) is 8.25. The molecule has 0 heterocycles. The largest absolute Gasteiger partial charge is 0.492 e. The summed E-state index contributed by atoms with van der Waals surface area (Å²) in [5, 5.41) is 0. The first-order valence-corrected chi connectivity index (χ1v) is 11.3. The van der Waals surface area contributed by atoms with E-state index in [-0.39, 0.29) is 5.78 Å². The molecule has 4 aromatic rings. The molecule has 0 saturated heterocycles. The van der Waals surface area contributed by atoms with Crippen molar-refractivity contribution in [2.45, 2.75) is 6.42 Å². The van der Waals surface area contributed by atoms with Crippen LogP contribution in [0.4, 0.5) is 0 Å². The van der Waals surface area contributed by atoms with Gasteiger partial charge in [-0.15, -0.1) is 0 Å². The summed E-state index contributed by atoms with van der Waals surface area (Å²) >= 11 is 3.40. The molecule has 0 aliphatic rings. The first-order chi connectivity index (χ1) is 16.1. The van der Waals surface area contributed by atoms with Crippen LogP contribution in [-0.2, 0) is 6.42 Å². The zero-order valence-corrected chi connectivity index (χ0v) is 19.3. The van der Waals surface area contributed by atoms with Crippen LogP contribution in [0.25, 0.3) is 0 Å². The van der Waals surface area contributed by atoms with Crippen LogP contribution in [0.5, 0.6) is 11.5 Å². The maximum Gasteiger partial charge on any atom is 0.347 e. The van der Waals surface area contributed by atoms with Crippen molar-refractivity contribution in [3.05, 3.63) is 130 Å². The van der Waals surface area contributed by atoms with Crippen molar-refractivity contribution in [3.8, 4) is 11.5 Å². The van der Waals surface area contributed by atoms with Crippen molar-refractivity contribution in [2.24, 2.45) is 0 Å². The lowest BCUT2D eigenvalue weighted by molar-refractivity contribution is 0.0730. The molecular weight excluding hydrogens is 480 g/mol. The number of hydrogen-bond acceptors (Lipinski definition) is 4. The maximum absolute atomic E-state index is 12.9. The molecule has 0 bridgehead atoms. The third-order valence-corrected chi connectivity index (χ3v) is 5.51. The number of carbonyl (C=O) groups is 2. The average Bonchev–Trinajstić information content (AvgIpc) is 2.86. The van der Waals surface area contributed by atoms with E-state index in [2.05, 4.69) is 15.9 Å². The van der Waals surface area contributed by atoms with Crippen molar-refractivity contribution in [1.29, 1.82) is 0 Å². The van der Waals surface area contributed by atoms with E-state index in [1.54, 1.807) is 48.5 Å². The molecule has 0 aliphatic heterocycles. The Morgan fingerprint density at radius 1 is 0.727 bits per heavy atom. The molecule has 0 N–H and O–H groups in total. The molecule has 33 heavy (non-hydrogen) atoms. The molecule has 0 atom stereocenters. The van der Waals surface area contributed by atoms with Gasteiger partial charge < -0.3 is 9.47 Å². The van der Waals surface area contributed by atoms with Crippen molar-refractivity contribution in [2.75, 3.05) is 6.61 Å². The molecule has 0 aromatic heterocycles. The molecule has 0 aliphatic carbocycles. The number of ketones is 1. The van der Waals surface area contributed by atoms with E-state index in [4.69, 9.17) is 9.47 Å². The monoisotopic (exact) mass is 500 g/mol. The number of hydrogen-bond donors (Lipinski definition) is 0. The molecule has 0 unspecified atom stereocenters. The van der Waals surface area contributed by atoms with Crippen molar-refractivity contribution < 1.29 is 19.1 Å². The highest BCUT2D eigenvalue weighted by Gasteiger charge is 2.17. The smallest absolute Gasteiger partial charge is 0.347 e. The standard InChI is InChI=1S/C28H21BrO4/c29-23-13-16-26(32-18-17-20-7-3-1-4-8-20)25(19-23)28(31)33-24-14-11-22(12-15-24)27(30)21-9-5-2-6-10-21/h1-16,19H,17-18H2. The lowest BCUT2D eigenvalue weighted by Gasteiger charge is -2.12. The zero-order valence-electron chi connectivity index (χ0n) is 17.7. The van der Waals surface area contributed by atoms with Crippen LogP contribution in [0.3, 0.4) is 0 Å². The Hall–Kier alpha value is -3.70. The van der Waals surface area contributed by atoms with E-state index in [0.717, 1.165) is 16.5 Å². The van der Waals surface area contributed by atoms with Gasteiger partial charge in [-0.2, -0.15) is 0 Å². The van der Waals surface area contributed by atoms with Gasteiger partial charge in [-0.05, 0) is 48.0 Å². The fraction of sp³-hybridized carbons (Fsp3) is 0.0714. The van der Waals surface area contributed by atoms with Gasteiger partial charge in [0.15, 0.2) is 5.78 Å². The maximum atomic E-state index is 12.9. The van der Waals surface area contributed by atoms with Crippen LogP contribution >= 0.6 is 15.9 Å². The van der Waals surface area contributed by atoms with Gasteiger partial charge in [-0.3, -0.25) is 4.79 Å². The lowest BCUT2D eigenvalue weighted by Crippen LogP contribution is -2.12. The van der Waals surface area contributed by atoms with Gasteiger partial charge >= 0.3 is 5.97 Å². The van der Waals surface area contributed by atoms with Gasteiger partial charge in [-0.1, -0.05) is 76.6 Å². The Balaban J connectivity index is 1.43.